The quantitative estimate of drug-likeness (QED) is 0.301. The van der Waals surface area contributed by atoms with Crippen LogP contribution in [0, 0.1) is 10.6 Å². The van der Waals surface area contributed by atoms with Gasteiger partial charge in [0.2, 0.25) is 0 Å². The highest BCUT2D eigenvalue weighted by Crippen LogP contribution is 2.31. The van der Waals surface area contributed by atoms with Crippen LogP contribution in [-0.4, -0.2) is 33.9 Å². The molecule has 0 saturated carbocycles. The summed E-state index contributed by atoms with van der Waals surface area (Å²) in [5, 5.41) is 8.50. The van der Waals surface area contributed by atoms with Gasteiger partial charge in [-0.2, -0.15) is 13.2 Å². The highest BCUT2D eigenvalue weighted by molar-refractivity contribution is 7.71. The van der Waals surface area contributed by atoms with Crippen molar-refractivity contribution in [1.82, 2.24) is 9.13 Å². The van der Waals surface area contributed by atoms with Gasteiger partial charge in [-0.3, -0.25) is 9.36 Å². The Labute approximate surface area is 176 Å². The maximum Gasteiger partial charge on any atom is 0.431 e. The molecule has 1 heterocycles. The van der Waals surface area contributed by atoms with Gasteiger partial charge in [0.25, 0.3) is 5.56 Å². The summed E-state index contributed by atoms with van der Waals surface area (Å²) in [6.45, 7) is -0.413. The number of carboxylic acids is 1. The summed E-state index contributed by atoms with van der Waals surface area (Å²) in [5.41, 5.74) is -3.03. The average Bonchev–Trinajstić information content (AvgIpc) is 2.63. The first-order valence-corrected chi connectivity index (χ1v) is 8.65. The Morgan fingerprint density at radius 2 is 1.97 bits per heavy atom. The first-order chi connectivity index (χ1) is 13.9. The lowest BCUT2D eigenvalue weighted by Gasteiger charge is -2.17. The molecule has 162 valence electrons. The summed E-state index contributed by atoms with van der Waals surface area (Å²) >= 11 is 10.8. The van der Waals surface area contributed by atoms with Crippen molar-refractivity contribution < 1.29 is 36.9 Å². The number of aliphatic carboxylic acids is 1. The lowest BCUT2D eigenvalue weighted by atomic mass is 10.2. The summed E-state index contributed by atoms with van der Waals surface area (Å²) in [6, 6.07) is 2.01. The number of ether oxygens (including phenoxy) is 2. The third kappa shape index (κ3) is 5.00. The van der Waals surface area contributed by atoms with E-state index in [9.17, 15) is 27.2 Å². The Bertz CT molecular complexity index is 1140. The molecule has 0 radical (unpaired) electrons. The van der Waals surface area contributed by atoms with Gasteiger partial charge in [-0.1, -0.05) is 11.6 Å². The largest absolute Gasteiger partial charge is 0.497 e. The number of aromatic nitrogens is 2. The zero-order chi connectivity index (χ0) is 22.8. The van der Waals surface area contributed by atoms with Crippen LogP contribution in [-0.2, 0) is 22.8 Å². The van der Waals surface area contributed by atoms with Crippen LogP contribution >= 0.6 is 23.8 Å². The van der Waals surface area contributed by atoms with E-state index in [2.05, 4.69) is 0 Å². The molecule has 0 atom stereocenters. The van der Waals surface area contributed by atoms with E-state index in [1.165, 1.54) is 7.11 Å². The summed E-state index contributed by atoms with van der Waals surface area (Å²) in [6.07, 6.45) is -4.12. The highest BCUT2D eigenvalue weighted by Gasteiger charge is 2.34. The van der Waals surface area contributed by atoms with Gasteiger partial charge in [0.1, 0.15) is 29.6 Å². The van der Waals surface area contributed by atoms with Crippen LogP contribution in [0.15, 0.2) is 34.8 Å². The predicted molar refractivity (Wildman–Crippen MR) is 100 cm³/mol. The fraction of sp³-hybridized carbons (Fsp3) is 0.235. The second kappa shape index (κ2) is 8.88. The number of methoxy groups -OCH3 is 1. The average molecular weight is 469 g/mol. The van der Waals surface area contributed by atoms with Crippen LogP contribution in [0.1, 0.15) is 5.69 Å². The SMILES string of the molecule is CO/C(=C\C(=O)O)COc1cc(-n2c(=O)cc(C(F)(F)F)n(C)c2=S)c(F)cc1Cl. The van der Waals surface area contributed by atoms with Gasteiger partial charge in [-0.05, 0) is 18.3 Å². The van der Waals surface area contributed by atoms with Gasteiger partial charge in [-0.15, -0.1) is 0 Å². The summed E-state index contributed by atoms with van der Waals surface area (Å²) in [5.74, 6) is -2.65. The number of carbonyl (C=O) groups is 1. The van der Waals surface area contributed by atoms with Crippen LogP contribution in [0.3, 0.4) is 0 Å². The Morgan fingerprint density at radius 1 is 1.33 bits per heavy atom. The fourth-order valence-electron chi connectivity index (χ4n) is 2.37. The van der Waals surface area contributed by atoms with Crippen molar-refractivity contribution in [1.29, 1.82) is 0 Å². The second-order valence-corrected chi connectivity index (χ2v) is 6.49. The lowest BCUT2D eigenvalue weighted by molar-refractivity contribution is -0.143. The molecule has 0 aliphatic rings. The van der Waals surface area contributed by atoms with E-state index < -0.39 is 46.3 Å². The van der Waals surface area contributed by atoms with Gasteiger partial charge in [0.05, 0.1) is 23.9 Å². The van der Waals surface area contributed by atoms with E-state index in [0.717, 1.165) is 25.3 Å². The molecular weight excluding hydrogens is 456 g/mol. The number of benzene rings is 1. The smallest absolute Gasteiger partial charge is 0.431 e. The molecule has 7 nitrogen and oxygen atoms in total. The summed E-state index contributed by atoms with van der Waals surface area (Å²) in [7, 11) is 2.18. The first-order valence-electron chi connectivity index (χ1n) is 7.86. The zero-order valence-corrected chi connectivity index (χ0v) is 16.9. The molecule has 1 aromatic heterocycles. The van der Waals surface area contributed by atoms with Crippen LogP contribution in [0.2, 0.25) is 5.02 Å². The molecule has 0 fully saturated rings. The number of halogens is 5. The second-order valence-electron chi connectivity index (χ2n) is 5.72. The third-order valence-electron chi connectivity index (χ3n) is 3.77. The number of hydrogen-bond donors (Lipinski definition) is 1. The van der Waals surface area contributed by atoms with Crippen LogP contribution in [0.25, 0.3) is 5.69 Å². The fourth-order valence-corrected chi connectivity index (χ4v) is 2.86. The minimum atomic E-state index is -4.85. The Hall–Kier alpha value is -2.86. The molecule has 13 heteroatoms. The Morgan fingerprint density at radius 3 is 2.50 bits per heavy atom. The van der Waals surface area contributed by atoms with Crippen LogP contribution in [0.4, 0.5) is 17.6 Å². The van der Waals surface area contributed by atoms with Gasteiger partial charge in [-0.25, -0.2) is 9.18 Å². The third-order valence-corrected chi connectivity index (χ3v) is 4.52. The van der Waals surface area contributed by atoms with Gasteiger partial charge in [0, 0.05) is 19.2 Å². The number of rotatable bonds is 6. The molecule has 0 saturated heterocycles. The minimum absolute atomic E-state index is 0.105. The van der Waals surface area contributed by atoms with E-state index in [4.69, 9.17) is 38.4 Å². The molecule has 2 rings (SSSR count). The molecule has 0 spiro atoms. The van der Waals surface area contributed by atoms with E-state index in [1.807, 2.05) is 0 Å². The number of nitrogens with zero attached hydrogens (tertiary/aromatic N) is 2. The predicted octanol–water partition coefficient (Wildman–Crippen LogP) is 3.71. The molecule has 0 aliphatic heterocycles. The van der Waals surface area contributed by atoms with Crippen molar-refractivity contribution in [3.8, 4) is 11.4 Å². The van der Waals surface area contributed by atoms with Crippen molar-refractivity contribution >= 4 is 29.8 Å². The first kappa shape index (κ1) is 23.4. The number of alkyl halides is 3. The van der Waals surface area contributed by atoms with Crippen molar-refractivity contribution in [2.75, 3.05) is 13.7 Å². The molecule has 1 aromatic carbocycles. The van der Waals surface area contributed by atoms with Crippen molar-refractivity contribution in [3.63, 3.8) is 0 Å². The number of hydrogen-bond acceptors (Lipinski definition) is 5. The highest BCUT2D eigenvalue weighted by atomic mass is 35.5. The van der Waals surface area contributed by atoms with Crippen molar-refractivity contribution in [3.05, 3.63) is 61.7 Å². The van der Waals surface area contributed by atoms with Gasteiger partial charge < -0.3 is 19.1 Å². The topological polar surface area (TPSA) is 82.7 Å². The molecule has 1 N–H and O–H groups in total. The van der Waals surface area contributed by atoms with Crippen molar-refractivity contribution in [2.24, 2.45) is 7.05 Å². The van der Waals surface area contributed by atoms with Gasteiger partial charge in [0.15, 0.2) is 4.77 Å². The Balaban J connectivity index is 2.58. The van der Waals surface area contributed by atoms with E-state index in [-0.39, 0.29) is 22.6 Å². The lowest BCUT2D eigenvalue weighted by Crippen LogP contribution is -2.28. The van der Waals surface area contributed by atoms with E-state index in [1.54, 1.807) is 0 Å². The van der Waals surface area contributed by atoms with E-state index in [0.29, 0.717) is 9.13 Å². The summed E-state index contributed by atoms with van der Waals surface area (Å²) < 4.78 is 64.2. The molecule has 0 amide bonds. The molecule has 2 aromatic rings. The van der Waals surface area contributed by atoms with Gasteiger partial charge >= 0.3 is 12.1 Å². The van der Waals surface area contributed by atoms with Crippen LogP contribution < -0.4 is 10.3 Å². The molecule has 0 bridgehead atoms. The number of carboxylic acid groups (broad SMARTS) is 1. The standard InChI is InChI=1S/C17H13ClF4N2O5S/c1-23-13(17(20,21)22)6-14(25)24(16(23)30)11-5-12(9(18)4-10(11)19)29-7-8(28-2)3-15(26)27/h3-6H,7H2,1-2H3,(H,26,27)/b8-3-. The molecular formula is C17H13ClF4N2O5S. The van der Waals surface area contributed by atoms with E-state index >= 15 is 0 Å². The maximum atomic E-state index is 14.5. The normalized spacial score (nSPS) is 12.0. The Kier molecular flexibility index (Phi) is 6.93. The monoisotopic (exact) mass is 468 g/mol. The maximum absolute atomic E-state index is 14.5. The summed E-state index contributed by atoms with van der Waals surface area (Å²) in [4.78, 5) is 23.0. The zero-order valence-electron chi connectivity index (χ0n) is 15.3. The molecule has 0 unspecified atom stereocenters. The van der Waals surface area contributed by atoms with Crippen LogP contribution in [0.5, 0.6) is 5.75 Å². The minimum Gasteiger partial charge on any atom is -0.497 e. The molecule has 0 aliphatic carbocycles. The molecule has 30 heavy (non-hydrogen) atoms. The van der Waals surface area contributed by atoms with Crippen molar-refractivity contribution in [2.45, 2.75) is 6.18 Å².